The molecule has 0 bridgehead atoms. The summed E-state index contributed by atoms with van der Waals surface area (Å²) in [4.78, 5) is 11.5. The lowest BCUT2D eigenvalue weighted by molar-refractivity contribution is -0.120. The van der Waals surface area contributed by atoms with Gasteiger partial charge in [-0.3, -0.25) is 4.79 Å². The van der Waals surface area contributed by atoms with Crippen LogP contribution in [0.3, 0.4) is 0 Å². The first-order valence-corrected chi connectivity index (χ1v) is 5.35. The van der Waals surface area contributed by atoms with Gasteiger partial charge in [-0.2, -0.15) is 0 Å². The third kappa shape index (κ3) is 6.76. The zero-order valence-electron chi connectivity index (χ0n) is 9.39. The van der Waals surface area contributed by atoms with Gasteiger partial charge >= 0.3 is 0 Å². The van der Waals surface area contributed by atoms with E-state index in [9.17, 15) is 4.79 Å². The fourth-order valence-electron chi connectivity index (χ4n) is 1.38. The average molecular weight is 185 g/mol. The topological polar surface area (TPSA) is 29.1 Å². The van der Waals surface area contributed by atoms with Crippen LogP contribution in [0.4, 0.5) is 0 Å². The molecule has 0 fully saturated rings. The highest BCUT2D eigenvalue weighted by Gasteiger charge is 2.10. The minimum Gasteiger partial charge on any atom is -0.314 e. The Morgan fingerprint density at radius 3 is 2.31 bits per heavy atom. The van der Waals surface area contributed by atoms with Gasteiger partial charge in [0.25, 0.3) is 0 Å². The predicted octanol–water partition coefficient (Wildman–Crippen LogP) is 2.38. The van der Waals surface area contributed by atoms with Gasteiger partial charge in [-0.05, 0) is 19.4 Å². The van der Waals surface area contributed by atoms with Crippen LogP contribution in [0.1, 0.15) is 47.0 Å². The van der Waals surface area contributed by atoms with E-state index in [0.29, 0.717) is 24.2 Å². The minimum absolute atomic E-state index is 0.335. The highest BCUT2D eigenvalue weighted by molar-refractivity contribution is 5.79. The number of ketones is 1. The van der Waals surface area contributed by atoms with Gasteiger partial charge in [0.1, 0.15) is 5.78 Å². The maximum atomic E-state index is 11.5. The molecular weight excluding hydrogens is 162 g/mol. The van der Waals surface area contributed by atoms with Gasteiger partial charge in [-0.15, -0.1) is 0 Å². The Morgan fingerprint density at radius 1 is 1.23 bits per heavy atom. The molecule has 0 aromatic rings. The summed E-state index contributed by atoms with van der Waals surface area (Å²) < 4.78 is 0. The molecule has 2 unspecified atom stereocenters. The number of Topliss-reactive ketones (excluding diaryl/α,β-unsaturated/α-hetero) is 1. The van der Waals surface area contributed by atoms with E-state index >= 15 is 0 Å². The number of carbonyl (C=O) groups excluding carboxylic acids is 1. The molecule has 0 rings (SSSR count). The number of hydrogen-bond donors (Lipinski definition) is 1. The smallest absolute Gasteiger partial charge is 0.134 e. The van der Waals surface area contributed by atoms with E-state index in [1.807, 2.05) is 0 Å². The van der Waals surface area contributed by atoms with Gasteiger partial charge < -0.3 is 5.32 Å². The van der Waals surface area contributed by atoms with Crippen molar-refractivity contribution in [3.05, 3.63) is 0 Å². The predicted molar refractivity (Wildman–Crippen MR) is 56.8 cm³/mol. The first kappa shape index (κ1) is 12.6. The average Bonchev–Trinajstić information content (AvgIpc) is 2.04. The molecule has 0 aliphatic carbocycles. The molecule has 2 nitrogen and oxygen atoms in total. The number of carbonyl (C=O) groups is 1. The maximum Gasteiger partial charge on any atom is 0.134 e. The van der Waals surface area contributed by atoms with E-state index in [2.05, 4.69) is 33.0 Å². The Bertz CT molecular complexity index is 145. The number of rotatable bonds is 7. The van der Waals surface area contributed by atoms with Gasteiger partial charge in [0, 0.05) is 18.9 Å². The largest absolute Gasteiger partial charge is 0.314 e. The third-order valence-electron chi connectivity index (χ3n) is 2.36. The molecule has 0 heterocycles. The standard InChI is InChI=1S/C11H23NO/c1-5-9(3)7-11(13)8-10(4)12-6-2/h9-10,12H,5-8H2,1-4H3. The van der Waals surface area contributed by atoms with Crippen molar-refractivity contribution in [2.75, 3.05) is 6.54 Å². The zero-order chi connectivity index (χ0) is 10.3. The van der Waals surface area contributed by atoms with Crippen LogP contribution in [-0.2, 0) is 4.79 Å². The van der Waals surface area contributed by atoms with Crippen LogP contribution in [0.5, 0.6) is 0 Å². The summed E-state index contributed by atoms with van der Waals surface area (Å²) in [5.74, 6) is 0.934. The van der Waals surface area contributed by atoms with Crippen molar-refractivity contribution in [1.82, 2.24) is 5.32 Å². The van der Waals surface area contributed by atoms with Crippen molar-refractivity contribution < 1.29 is 4.79 Å². The number of hydrogen-bond acceptors (Lipinski definition) is 2. The zero-order valence-corrected chi connectivity index (χ0v) is 9.39. The Balaban J connectivity index is 3.61. The van der Waals surface area contributed by atoms with E-state index < -0.39 is 0 Å². The fraction of sp³-hybridized carbons (Fsp3) is 0.909. The Kier molecular flexibility index (Phi) is 6.87. The monoisotopic (exact) mass is 185 g/mol. The van der Waals surface area contributed by atoms with Gasteiger partial charge in [0.15, 0.2) is 0 Å². The van der Waals surface area contributed by atoms with Gasteiger partial charge in [0.05, 0.1) is 0 Å². The molecule has 78 valence electrons. The van der Waals surface area contributed by atoms with E-state index in [-0.39, 0.29) is 0 Å². The van der Waals surface area contributed by atoms with Gasteiger partial charge in [-0.25, -0.2) is 0 Å². The molecule has 13 heavy (non-hydrogen) atoms. The summed E-state index contributed by atoms with van der Waals surface area (Å²) >= 11 is 0. The molecule has 0 aromatic carbocycles. The first-order valence-electron chi connectivity index (χ1n) is 5.35. The highest BCUT2D eigenvalue weighted by Crippen LogP contribution is 2.09. The molecule has 0 aromatic heterocycles. The summed E-state index contributed by atoms with van der Waals surface area (Å²) in [6.07, 6.45) is 2.52. The van der Waals surface area contributed by atoms with Crippen LogP contribution in [0.2, 0.25) is 0 Å². The normalized spacial score (nSPS) is 15.4. The second-order valence-electron chi connectivity index (χ2n) is 3.92. The molecule has 0 radical (unpaired) electrons. The molecular formula is C11H23NO. The molecule has 0 aliphatic rings. The van der Waals surface area contributed by atoms with E-state index in [1.165, 1.54) is 0 Å². The van der Waals surface area contributed by atoms with Crippen molar-refractivity contribution in [3.63, 3.8) is 0 Å². The molecule has 1 N–H and O–H groups in total. The van der Waals surface area contributed by atoms with Crippen LogP contribution in [0.25, 0.3) is 0 Å². The summed E-state index contributed by atoms with van der Waals surface area (Å²) in [5, 5.41) is 3.25. The quantitative estimate of drug-likeness (QED) is 0.660. The third-order valence-corrected chi connectivity index (χ3v) is 2.36. The van der Waals surface area contributed by atoms with Crippen molar-refractivity contribution in [1.29, 1.82) is 0 Å². The van der Waals surface area contributed by atoms with Gasteiger partial charge in [-0.1, -0.05) is 27.2 Å². The van der Waals surface area contributed by atoms with Crippen molar-refractivity contribution in [2.24, 2.45) is 5.92 Å². The van der Waals surface area contributed by atoms with Crippen molar-refractivity contribution in [3.8, 4) is 0 Å². The first-order chi connectivity index (χ1) is 6.10. The molecule has 2 heteroatoms. The van der Waals surface area contributed by atoms with Crippen LogP contribution >= 0.6 is 0 Å². The Labute approximate surface area is 82.1 Å². The molecule has 0 saturated carbocycles. The molecule has 0 spiro atoms. The maximum absolute atomic E-state index is 11.5. The molecule has 2 atom stereocenters. The Morgan fingerprint density at radius 2 is 1.85 bits per heavy atom. The lowest BCUT2D eigenvalue weighted by atomic mass is 9.99. The van der Waals surface area contributed by atoms with Crippen LogP contribution in [-0.4, -0.2) is 18.4 Å². The van der Waals surface area contributed by atoms with Gasteiger partial charge in [0.2, 0.25) is 0 Å². The minimum atomic E-state index is 0.335. The van der Waals surface area contributed by atoms with E-state index in [1.54, 1.807) is 0 Å². The second kappa shape index (κ2) is 7.07. The van der Waals surface area contributed by atoms with Crippen LogP contribution in [0.15, 0.2) is 0 Å². The Hall–Kier alpha value is -0.370. The second-order valence-corrected chi connectivity index (χ2v) is 3.92. The summed E-state index contributed by atoms with van der Waals surface area (Å²) in [6.45, 7) is 9.34. The summed E-state index contributed by atoms with van der Waals surface area (Å²) in [5.41, 5.74) is 0. The number of nitrogens with one attached hydrogen (secondary N) is 1. The SMILES string of the molecule is CCNC(C)CC(=O)CC(C)CC. The van der Waals surface area contributed by atoms with E-state index in [0.717, 1.165) is 19.4 Å². The van der Waals surface area contributed by atoms with Crippen LogP contribution in [0, 0.1) is 5.92 Å². The lowest BCUT2D eigenvalue weighted by Gasteiger charge is -2.12. The summed E-state index contributed by atoms with van der Waals surface area (Å²) in [7, 11) is 0. The van der Waals surface area contributed by atoms with Crippen molar-refractivity contribution >= 4 is 5.78 Å². The lowest BCUT2D eigenvalue weighted by Crippen LogP contribution is -2.28. The molecule has 0 aliphatic heterocycles. The van der Waals surface area contributed by atoms with Crippen molar-refractivity contribution in [2.45, 2.75) is 53.0 Å². The highest BCUT2D eigenvalue weighted by atomic mass is 16.1. The summed E-state index contributed by atoms with van der Waals surface area (Å²) in [6, 6.07) is 0.335. The molecule has 0 saturated heterocycles. The van der Waals surface area contributed by atoms with Crippen LogP contribution < -0.4 is 5.32 Å². The molecule has 0 amide bonds. The fourth-order valence-corrected chi connectivity index (χ4v) is 1.38. The van der Waals surface area contributed by atoms with E-state index in [4.69, 9.17) is 0 Å².